The van der Waals surface area contributed by atoms with Crippen molar-refractivity contribution in [3.63, 3.8) is 0 Å². The minimum absolute atomic E-state index is 0.151. The van der Waals surface area contributed by atoms with Gasteiger partial charge in [0.05, 0.1) is 11.9 Å². The molecule has 0 saturated heterocycles. The largest absolute Gasteiger partial charge is 0.384 e. The summed E-state index contributed by atoms with van der Waals surface area (Å²) in [5.41, 5.74) is 3.66. The van der Waals surface area contributed by atoms with Crippen molar-refractivity contribution in [2.24, 2.45) is 0 Å². The van der Waals surface area contributed by atoms with Gasteiger partial charge in [0.15, 0.2) is 0 Å². The molecule has 4 heteroatoms. The van der Waals surface area contributed by atoms with Crippen molar-refractivity contribution in [2.45, 2.75) is 33.2 Å². The van der Waals surface area contributed by atoms with E-state index in [1.807, 2.05) is 31.2 Å². The van der Waals surface area contributed by atoms with Crippen molar-refractivity contribution in [1.29, 1.82) is 0 Å². The molecule has 116 valence electrons. The molecule has 0 bridgehead atoms. The fraction of sp³-hybridized carbons (Fsp3) is 0.333. The Labute approximate surface area is 132 Å². The summed E-state index contributed by atoms with van der Waals surface area (Å²) in [5.74, 6) is -0.151. The highest BCUT2D eigenvalue weighted by Crippen LogP contribution is 2.07. The fourth-order valence-corrected chi connectivity index (χ4v) is 2.14. The lowest BCUT2D eigenvalue weighted by Crippen LogP contribution is -2.23. The third-order valence-corrected chi connectivity index (χ3v) is 3.39. The fourth-order valence-electron chi connectivity index (χ4n) is 2.14. The average Bonchev–Trinajstić information content (AvgIpc) is 2.54. The maximum atomic E-state index is 12.1. The number of carbonyl (C=O) groups excluding carboxylic acids is 1. The van der Waals surface area contributed by atoms with E-state index in [1.54, 1.807) is 12.3 Å². The number of pyridine rings is 1. The van der Waals surface area contributed by atoms with E-state index in [2.05, 4.69) is 28.6 Å². The van der Waals surface area contributed by atoms with E-state index >= 15 is 0 Å². The quantitative estimate of drug-likeness (QED) is 0.769. The van der Waals surface area contributed by atoms with Crippen molar-refractivity contribution in [3.8, 4) is 0 Å². The summed E-state index contributed by atoms with van der Waals surface area (Å²) in [6.45, 7) is 5.63. The van der Waals surface area contributed by atoms with E-state index in [4.69, 9.17) is 0 Å². The highest BCUT2D eigenvalue weighted by atomic mass is 16.1. The molecule has 0 aliphatic heterocycles. The van der Waals surface area contributed by atoms with Gasteiger partial charge in [0.1, 0.15) is 5.69 Å². The number of benzene rings is 1. The molecule has 1 heterocycles. The summed E-state index contributed by atoms with van der Waals surface area (Å²) in [6, 6.07) is 11.7. The Morgan fingerprint density at radius 2 is 2.09 bits per heavy atom. The Morgan fingerprint density at radius 3 is 2.77 bits per heavy atom. The van der Waals surface area contributed by atoms with Crippen LogP contribution in [-0.2, 0) is 6.54 Å². The van der Waals surface area contributed by atoms with E-state index in [0.29, 0.717) is 12.2 Å². The van der Waals surface area contributed by atoms with E-state index in [9.17, 15) is 4.79 Å². The molecule has 0 atom stereocenters. The number of amides is 1. The van der Waals surface area contributed by atoms with Gasteiger partial charge in [-0.3, -0.25) is 4.79 Å². The molecule has 0 spiro atoms. The highest BCUT2D eigenvalue weighted by Gasteiger charge is 2.06. The summed E-state index contributed by atoms with van der Waals surface area (Å²) >= 11 is 0. The number of nitrogens with one attached hydrogen (secondary N) is 2. The van der Waals surface area contributed by atoms with Crippen LogP contribution in [0.3, 0.4) is 0 Å². The van der Waals surface area contributed by atoms with Crippen LogP contribution in [-0.4, -0.2) is 17.4 Å². The minimum atomic E-state index is -0.151. The topological polar surface area (TPSA) is 54.0 Å². The second-order valence-corrected chi connectivity index (χ2v) is 5.38. The van der Waals surface area contributed by atoms with Gasteiger partial charge >= 0.3 is 0 Å². The van der Waals surface area contributed by atoms with Crippen molar-refractivity contribution in [3.05, 3.63) is 59.4 Å². The lowest BCUT2D eigenvalue weighted by Gasteiger charge is -2.07. The Morgan fingerprint density at radius 1 is 1.23 bits per heavy atom. The smallest absolute Gasteiger partial charge is 0.270 e. The molecule has 2 aromatic rings. The Balaban J connectivity index is 1.87. The van der Waals surface area contributed by atoms with Crippen LogP contribution in [0, 0.1) is 6.92 Å². The molecular weight excluding hydrogens is 274 g/mol. The van der Waals surface area contributed by atoms with Gasteiger partial charge in [0.2, 0.25) is 0 Å². The lowest BCUT2D eigenvalue weighted by molar-refractivity contribution is 0.0946. The molecule has 0 aliphatic carbocycles. The number of unbranched alkanes of at least 4 members (excludes halogenated alkanes) is 1. The first kappa shape index (κ1) is 16.0. The first-order valence-electron chi connectivity index (χ1n) is 7.72. The molecule has 22 heavy (non-hydrogen) atoms. The van der Waals surface area contributed by atoms with Crippen LogP contribution in [0.4, 0.5) is 5.69 Å². The molecule has 1 amide bonds. The highest BCUT2D eigenvalue weighted by molar-refractivity contribution is 5.92. The average molecular weight is 297 g/mol. The summed E-state index contributed by atoms with van der Waals surface area (Å²) in [7, 11) is 0. The number of nitrogens with zero attached hydrogens (tertiary/aromatic N) is 1. The van der Waals surface area contributed by atoms with Gasteiger partial charge in [-0.25, -0.2) is 4.98 Å². The van der Waals surface area contributed by atoms with Crippen LogP contribution in [0.15, 0.2) is 42.6 Å². The van der Waals surface area contributed by atoms with Crippen molar-refractivity contribution in [1.82, 2.24) is 10.3 Å². The molecular formula is C18H23N3O. The molecule has 1 aromatic heterocycles. The molecule has 2 rings (SSSR count). The lowest BCUT2D eigenvalue weighted by atomic mass is 10.1. The van der Waals surface area contributed by atoms with Gasteiger partial charge in [0.25, 0.3) is 5.91 Å². The molecule has 2 N–H and O–H groups in total. The van der Waals surface area contributed by atoms with Crippen LogP contribution in [0.2, 0.25) is 0 Å². The van der Waals surface area contributed by atoms with Crippen LogP contribution in [0.25, 0.3) is 0 Å². The molecule has 0 saturated carbocycles. The van der Waals surface area contributed by atoms with E-state index < -0.39 is 0 Å². The minimum Gasteiger partial charge on any atom is -0.384 e. The number of carbonyl (C=O) groups is 1. The van der Waals surface area contributed by atoms with Crippen LogP contribution < -0.4 is 10.6 Å². The second kappa shape index (κ2) is 8.17. The van der Waals surface area contributed by atoms with Crippen molar-refractivity contribution >= 4 is 11.6 Å². The van der Waals surface area contributed by atoms with Gasteiger partial charge < -0.3 is 10.6 Å². The van der Waals surface area contributed by atoms with Gasteiger partial charge in [-0.05, 0) is 31.0 Å². The first-order chi connectivity index (χ1) is 10.7. The van der Waals surface area contributed by atoms with Crippen LogP contribution in [0.1, 0.15) is 41.4 Å². The zero-order valence-electron chi connectivity index (χ0n) is 13.2. The molecule has 0 unspecified atom stereocenters. The predicted molar refractivity (Wildman–Crippen MR) is 90.0 cm³/mol. The summed E-state index contributed by atoms with van der Waals surface area (Å²) in [4.78, 5) is 16.3. The first-order valence-corrected chi connectivity index (χ1v) is 7.72. The molecule has 0 aliphatic rings. The standard InChI is InChI=1S/C18H23N3O/c1-3-4-10-19-16-8-9-17(20-13-16)18(22)21-12-15-7-5-6-14(2)11-15/h5-9,11,13,19H,3-4,10,12H2,1-2H3,(H,21,22). The Bertz CT molecular complexity index is 608. The summed E-state index contributed by atoms with van der Waals surface area (Å²) in [5, 5.41) is 6.17. The normalized spacial score (nSPS) is 10.3. The summed E-state index contributed by atoms with van der Waals surface area (Å²) in [6.07, 6.45) is 3.98. The number of aryl methyl sites for hydroxylation is 1. The number of anilines is 1. The maximum absolute atomic E-state index is 12.1. The third-order valence-electron chi connectivity index (χ3n) is 3.39. The van der Waals surface area contributed by atoms with Crippen LogP contribution in [0.5, 0.6) is 0 Å². The van der Waals surface area contributed by atoms with Gasteiger partial charge in [-0.2, -0.15) is 0 Å². The zero-order valence-corrected chi connectivity index (χ0v) is 13.2. The number of hydrogen-bond acceptors (Lipinski definition) is 3. The SMILES string of the molecule is CCCCNc1ccc(C(=O)NCc2cccc(C)c2)nc1. The summed E-state index contributed by atoms with van der Waals surface area (Å²) < 4.78 is 0. The van der Waals surface area contributed by atoms with Crippen molar-refractivity contribution < 1.29 is 4.79 Å². The molecule has 1 aromatic carbocycles. The number of rotatable bonds is 7. The second-order valence-electron chi connectivity index (χ2n) is 5.38. The zero-order chi connectivity index (χ0) is 15.8. The number of aromatic nitrogens is 1. The molecule has 0 fully saturated rings. The van der Waals surface area contributed by atoms with E-state index in [0.717, 1.165) is 30.6 Å². The third kappa shape index (κ3) is 4.88. The van der Waals surface area contributed by atoms with Gasteiger partial charge in [0, 0.05) is 13.1 Å². The van der Waals surface area contributed by atoms with Crippen molar-refractivity contribution in [2.75, 3.05) is 11.9 Å². The maximum Gasteiger partial charge on any atom is 0.270 e. The Kier molecular flexibility index (Phi) is 5.95. The monoisotopic (exact) mass is 297 g/mol. The molecule has 4 nitrogen and oxygen atoms in total. The molecule has 0 radical (unpaired) electrons. The van der Waals surface area contributed by atoms with E-state index in [-0.39, 0.29) is 5.91 Å². The van der Waals surface area contributed by atoms with Gasteiger partial charge in [-0.1, -0.05) is 43.2 Å². The van der Waals surface area contributed by atoms with Crippen LogP contribution >= 0.6 is 0 Å². The van der Waals surface area contributed by atoms with E-state index in [1.165, 1.54) is 5.56 Å². The predicted octanol–water partition coefficient (Wildman–Crippen LogP) is 3.53. The van der Waals surface area contributed by atoms with Gasteiger partial charge in [-0.15, -0.1) is 0 Å². The number of hydrogen-bond donors (Lipinski definition) is 2. The Hall–Kier alpha value is -2.36.